The van der Waals surface area contributed by atoms with E-state index < -0.39 is 0 Å². The average Bonchev–Trinajstić information content (AvgIpc) is 2.10. The Labute approximate surface area is 79.6 Å². The van der Waals surface area contributed by atoms with E-state index in [4.69, 9.17) is 4.74 Å². The third-order valence-electron chi connectivity index (χ3n) is 1.47. The van der Waals surface area contributed by atoms with Crippen LogP contribution >= 0.6 is 0 Å². The second-order valence-corrected chi connectivity index (χ2v) is 2.68. The fourth-order valence-electron chi connectivity index (χ4n) is 0.722. The van der Waals surface area contributed by atoms with Crippen LogP contribution < -0.4 is 0 Å². The number of esters is 1. The van der Waals surface area contributed by atoms with Crippen LogP contribution in [0.15, 0.2) is 37.0 Å². The zero-order valence-electron chi connectivity index (χ0n) is 8.08. The maximum Gasteiger partial charge on any atom is 0.302 e. The third kappa shape index (κ3) is 8.60. The maximum absolute atomic E-state index is 10.3. The molecular weight excluding hydrogens is 164 g/mol. The first-order valence-electron chi connectivity index (χ1n) is 4.25. The van der Waals surface area contributed by atoms with Gasteiger partial charge in [-0.25, -0.2) is 0 Å². The minimum atomic E-state index is -0.250. The van der Waals surface area contributed by atoms with Gasteiger partial charge in [-0.3, -0.25) is 4.79 Å². The van der Waals surface area contributed by atoms with Crippen molar-refractivity contribution >= 4 is 5.97 Å². The molecule has 0 unspecified atom stereocenters. The zero-order valence-corrected chi connectivity index (χ0v) is 8.08. The molecule has 0 aliphatic carbocycles. The van der Waals surface area contributed by atoms with Crippen LogP contribution in [0.2, 0.25) is 0 Å². The molecule has 72 valence electrons. The SMILES string of the molecule is C=CC(=C)CCC=CCOC(C)=O. The molecule has 0 aromatic heterocycles. The van der Waals surface area contributed by atoms with Crippen molar-refractivity contribution in [2.24, 2.45) is 0 Å². The van der Waals surface area contributed by atoms with Gasteiger partial charge >= 0.3 is 5.97 Å². The first-order chi connectivity index (χ1) is 6.16. The molecule has 0 rings (SSSR count). The molecule has 0 atom stereocenters. The van der Waals surface area contributed by atoms with Gasteiger partial charge in [0.2, 0.25) is 0 Å². The summed E-state index contributed by atoms with van der Waals surface area (Å²) in [5, 5.41) is 0. The lowest BCUT2D eigenvalue weighted by atomic mass is 10.1. The molecule has 2 heteroatoms. The molecule has 0 N–H and O–H groups in total. The molecule has 0 radical (unpaired) electrons. The summed E-state index contributed by atoms with van der Waals surface area (Å²) in [6, 6.07) is 0. The van der Waals surface area contributed by atoms with Crippen molar-refractivity contribution in [3.63, 3.8) is 0 Å². The van der Waals surface area contributed by atoms with E-state index in [-0.39, 0.29) is 5.97 Å². The molecular formula is C11H16O2. The van der Waals surface area contributed by atoms with Crippen LogP contribution in [0.3, 0.4) is 0 Å². The smallest absolute Gasteiger partial charge is 0.302 e. The van der Waals surface area contributed by atoms with Crippen molar-refractivity contribution in [3.8, 4) is 0 Å². The van der Waals surface area contributed by atoms with Crippen LogP contribution in [0.1, 0.15) is 19.8 Å². The molecule has 0 aromatic rings. The third-order valence-corrected chi connectivity index (χ3v) is 1.47. The van der Waals surface area contributed by atoms with Gasteiger partial charge in [0.15, 0.2) is 0 Å². The summed E-state index contributed by atoms with van der Waals surface area (Å²) in [6.45, 7) is 9.14. The molecule has 0 saturated heterocycles. The summed E-state index contributed by atoms with van der Waals surface area (Å²) < 4.78 is 4.71. The molecule has 0 fully saturated rings. The fourth-order valence-corrected chi connectivity index (χ4v) is 0.722. The van der Waals surface area contributed by atoms with E-state index >= 15 is 0 Å². The number of allylic oxidation sites excluding steroid dienone is 3. The Morgan fingerprint density at radius 3 is 2.69 bits per heavy atom. The van der Waals surface area contributed by atoms with E-state index in [0.717, 1.165) is 18.4 Å². The molecule has 0 aliphatic rings. The summed E-state index contributed by atoms with van der Waals surface area (Å²) in [5.74, 6) is -0.250. The van der Waals surface area contributed by atoms with Gasteiger partial charge in [-0.2, -0.15) is 0 Å². The van der Waals surface area contributed by atoms with Gasteiger partial charge < -0.3 is 4.74 Å². The fraction of sp³-hybridized carbons (Fsp3) is 0.364. The normalized spacial score (nSPS) is 9.92. The van der Waals surface area contributed by atoms with Gasteiger partial charge in [0.25, 0.3) is 0 Å². The molecule has 0 aliphatic heterocycles. The average molecular weight is 180 g/mol. The number of hydrogen-bond donors (Lipinski definition) is 0. The van der Waals surface area contributed by atoms with E-state index in [1.165, 1.54) is 6.92 Å². The van der Waals surface area contributed by atoms with Crippen LogP contribution in [-0.4, -0.2) is 12.6 Å². The van der Waals surface area contributed by atoms with E-state index in [2.05, 4.69) is 13.2 Å². The van der Waals surface area contributed by atoms with Gasteiger partial charge in [-0.05, 0) is 12.8 Å². The summed E-state index contributed by atoms with van der Waals surface area (Å²) in [6.07, 6.45) is 7.36. The van der Waals surface area contributed by atoms with Gasteiger partial charge in [0, 0.05) is 6.92 Å². The Hall–Kier alpha value is -1.31. The van der Waals surface area contributed by atoms with Crippen molar-refractivity contribution in [1.29, 1.82) is 0 Å². The van der Waals surface area contributed by atoms with E-state index in [1.54, 1.807) is 6.08 Å². The molecule has 0 heterocycles. The quantitative estimate of drug-likeness (QED) is 0.357. The predicted molar refractivity (Wildman–Crippen MR) is 54.3 cm³/mol. The number of ether oxygens (including phenoxy) is 1. The lowest BCUT2D eigenvalue weighted by Gasteiger charge is -1.95. The Bertz CT molecular complexity index is 214. The largest absolute Gasteiger partial charge is 0.462 e. The molecule has 13 heavy (non-hydrogen) atoms. The summed E-state index contributed by atoms with van der Waals surface area (Å²) in [5.41, 5.74) is 1.03. The van der Waals surface area contributed by atoms with Crippen LogP contribution in [0.5, 0.6) is 0 Å². The van der Waals surface area contributed by atoms with Gasteiger partial charge in [-0.1, -0.05) is 37.0 Å². The van der Waals surface area contributed by atoms with Crippen LogP contribution in [-0.2, 0) is 9.53 Å². The van der Waals surface area contributed by atoms with E-state index in [9.17, 15) is 4.79 Å². The standard InChI is InChI=1S/C11H16O2/c1-4-10(2)8-6-5-7-9-13-11(3)12/h4-5,7H,1-2,6,8-9H2,3H3. The lowest BCUT2D eigenvalue weighted by Crippen LogP contribution is -1.97. The Morgan fingerprint density at radius 1 is 1.46 bits per heavy atom. The van der Waals surface area contributed by atoms with Crippen LogP contribution in [0, 0.1) is 0 Å². The first kappa shape index (κ1) is 11.7. The van der Waals surface area contributed by atoms with E-state index in [1.807, 2.05) is 12.2 Å². The zero-order chi connectivity index (χ0) is 10.1. The number of carbonyl (C=O) groups excluding carboxylic acids is 1. The molecule has 0 bridgehead atoms. The van der Waals surface area contributed by atoms with Crippen molar-refractivity contribution in [2.75, 3.05) is 6.61 Å². The van der Waals surface area contributed by atoms with Crippen molar-refractivity contribution in [1.82, 2.24) is 0 Å². The predicted octanol–water partition coefficient (Wildman–Crippen LogP) is 2.63. The van der Waals surface area contributed by atoms with Gasteiger partial charge in [0.1, 0.15) is 6.61 Å². The first-order valence-corrected chi connectivity index (χ1v) is 4.25. The Morgan fingerprint density at radius 2 is 2.15 bits per heavy atom. The number of rotatable bonds is 6. The lowest BCUT2D eigenvalue weighted by molar-refractivity contribution is -0.139. The van der Waals surface area contributed by atoms with Crippen molar-refractivity contribution in [3.05, 3.63) is 37.0 Å². The molecule has 0 amide bonds. The minimum absolute atomic E-state index is 0.250. The van der Waals surface area contributed by atoms with E-state index in [0.29, 0.717) is 6.61 Å². The molecule has 0 spiro atoms. The van der Waals surface area contributed by atoms with Crippen LogP contribution in [0.4, 0.5) is 0 Å². The molecule has 2 nitrogen and oxygen atoms in total. The Kier molecular flexibility index (Phi) is 6.60. The second-order valence-electron chi connectivity index (χ2n) is 2.68. The highest BCUT2D eigenvalue weighted by Crippen LogP contribution is 2.02. The minimum Gasteiger partial charge on any atom is -0.462 e. The molecule has 0 aromatic carbocycles. The summed E-state index contributed by atoms with van der Waals surface area (Å²) >= 11 is 0. The summed E-state index contributed by atoms with van der Waals surface area (Å²) in [7, 11) is 0. The highest BCUT2D eigenvalue weighted by Gasteiger charge is 1.87. The van der Waals surface area contributed by atoms with Crippen molar-refractivity contribution in [2.45, 2.75) is 19.8 Å². The van der Waals surface area contributed by atoms with Crippen LogP contribution in [0.25, 0.3) is 0 Å². The van der Waals surface area contributed by atoms with Gasteiger partial charge in [-0.15, -0.1) is 0 Å². The van der Waals surface area contributed by atoms with Crippen molar-refractivity contribution < 1.29 is 9.53 Å². The summed E-state index contributed by atoms with van der Waals surface area (Å²) in [4.78, 5) is 10.3. The maximum atomic E-state index is 10.3. The highest BCUT2D eigenvalue weighted by atomic mass is 16.5. The van der Waals surface area contributed by atoms with Gasteiger partial charge in [0.05, 0.1) is 0 Å². The second kappa shape index (κ2) is 7.35. The topological polar surface area (TPSA) is 26.3 Å². The highest BCUT2D eigenvalue weighted by molar-refractivity contribution is 5.65. The molecule has 0 saturated carbocycles. The monoisotopic (exact) mass is 180 g/mol. The number of carbonyl (C=O) groups is 1. The Balaban J connectivity index is 3.36. The number of hydrogen-bond acceptors (Lipinski definition) is 2.